The summed E-state index contributed by atoms with van der Waals surface area (Å²) in [6, 6.07) is 30.1. The van der Waals surface area contributed by atoms with Crippen LogP contribution < -0.4 is 14.8 Å². The van der Waals surface area contributed by atoms with Crippen molar-refractivity contribution >= 4 is 17.7 Å². The van der Waals surface area contributed by atoms with Gasteiger partial charge in [-0.2, -0.15) is 0 Å². The third-order valence-corrected chi connectivity index (χ3v) is 5.67. The minimum Gasteiger partial charge on any atom is -0.489 e. The molecule has 0 unspecified atom stereocenters. The first-order chi connectivity index (χ1) is 19.0. The Labute approximate surface area is 225 Å². The number of nitrogens with zero attached hydrogens (tertiary/aromatic N) is 1. The van der Waals surface area contributed by atoms with Crippen LogP contribution >= 0.6 is 0 Å². The van der Waals surface area contributed by atoms with Gasteiger partial charge < -0.3 is 19.5 Å². The Kier molecular flexibility index (Phi) is 9.22. The normalized spacial score (nSPS) is 11.2. The number of benzene rings is 4. The van der Waals surface area contributed by atoms with E-state index >= 15 is 0 Å². The fourth-order valence-electron chi connectivity index (χ4n) is 3.62. The Hall–Kier alpha value is -5.18. The number of non-ortho nitro benzene ring substituents is 1. The van der Waals surface area contributed by atoms with Gasteiger partial charge in [0.25, 0.3) is 5.69 Å². The highest BCUT2D eigenvalue weighted by Gasteiger charge is 2.24. The molecule has 1 amide bonds. The Bertz CT molecular complexity index is 1380. The summed E-state index contributed by atoms with van der Waals surface area (Å²) in [4.78, 5) is 35.9. The summed E-state index contributed by atoms with van der Waals surface area (Å²) in [6.07, 6.45) is -0.669. The van der Waals surface area contributed by atoms with E-state index in [-0.39, 0.29) is 24.5 Å². The Balaban J connectivity index is 1.41. The second-order valence-corrected chi connectivity index (χ2v) is 8.55. The number of amides is 1. The number of alkyl carbamates (subject to hydrolysis) is 1. The molecule has 0 aliphatic rings. The third kappa shape index (κ3) is 8.43. The molecule has 9 nitrogen and oxygen atoms in total. The highest BCUT2D eigenvalue weighted by molar-refractivity contribution is 5.83. The molecule has 9 heteroatoms. The summed E-state index contributed by atoms with van der Waals surface area (Å²) in [7, 11) is 0. The lowest BCUT2D eigenvalue weighted by molar-refractivity contribution is -0.384. The van der Waals surface area contributed by atoms with Gasteiger partial charge in [-0.15, -0.1) is 0 Å². The zero-order valence-corrected chi connectivity index (χ0v) is 20.9. The fraction of sp³-hybridized carbons (Fsp3) is 0.133. The lowest BCUT2D eigenvalue weighted by Crippen LogP contribution is -2.44. The van der Waals surface area contributed by atoms with E-state index in [1.807, 2.05) is 60.7 Å². The molecule has 1 atom stereocenters. The molecular weight excluding hydrogens is 500 g/mol. The van der Waals surface area contributed by atoms with Crippen LogP contribution in [-0.2, 0) is 29.2 Å². The maximum absolute atomic E-state index is 13.0. The van der Waals surface area contributed by atoms with E-state index in [1.54, 1.807) is 24.3 Å². The van der Waals surface area contributed by atoms with Gasteiger partial charge in [0.05, 0.1) is 4.92 Å². The molecule has 0 aliphatic heterocycles. The zero-order valence-electron chi connectivity index (χ0n) is 20.9. The van der Waals surface area contributed by atoms with E-state index in [0.29, 0.717) is 12.4 Å². The van der Waals surface area contributed by atoms with Crippen LogP contribution in [0.3, 0.4) is 0 Å². The van der Waals surface area contributed by atoms with Crippen molar-refractivity contribution in [2.45, 2.75) is 25.7 Å². The number of carbonyl (C=O) groups is 2. The highest BCUT2D eigenvalue weighted by Crippen LogP contribution is 2.19. The number of ether oxygens (including phenoxy) is 3. The molecule has 4 aromatic rings. The number of esters is 1. The van der Waals surface area contributed by atoms with Crippen molar-refractivity contribution in [2.75, 3.05) is 0 Å². The number of hydrogen-bond donors (Lipinski definition) is 1. The highest BCUT2D eigenvalue weighted by atomic mass is 16.6. The molecule has 0 fully saturated rings. The molecule has 0 bridgehead atoms. The molecule has 0 saturated heterocycles. The summed E-state index contributed by atoms with van der Waals surface area (Å²) in [6.45, 7) is 0.448. The number of nitrogens with one attached hydrogen (secondary N) is 1. The summed E-state index contributed by atoms with van der Waals surface area (Å²) < 4.78 is 16.5. The first-order valence-electron chi connectivity index (χ1n) is 12.2. The lowest BCUT2D eigenvalue weighted by Gasteiger charge is -2.18. The number of carbonyl (C=O) groups excluding carboxylic acids is 2. The Morgan fingerprint density at radius 3 is 1.87 bits per heavy atom. The topological polar surface area (TPSA) is 117 Å². The summed E-state index contributed by atoms with van der Waals surface area (Å²) in [5, 5.41) is 13.5. The molecule has 198 valence electrons. The van der Waals surface area contributed by atoms with Gasteiger partial charge in [0.1, 0.15) is 30.8 Å². The van der Waals surface area contributed by atoms with Gasteiger partial charge in [-0.1, -0.05) is 72.8 Å². The summed E-state index contributed by atoms with van der Waals surface area (Å²) in [5.41, 5.74) is 2.44. The number of rotatable bonds is 11. The molecule has 4 aromatic carbocycles. The minimum atomic E-state index is -1.08. The van der Waals surface area contributed by atoms with Crippen molar-refractivity contribution in [1.82, 2.24) is 5.32 Å². The SMILES string of the molecule is O=C(N[C@H](Cc1ccc(OCc2ccccc2)cc1)C(=O)Oc1ccc([N+](=O)[O-])cc1)OCc1ccccc1. The largest absolute Gasteiger partial charge is 0.489 e. The van der Waals surface area contributed by atoms with E-state index in [1.165, 1.54) is 24.3 Å². The predicted molar refractivity (Wildman–Crippen MR) is 143 cm³/mol. The van der Waals surface area contributed by atoms with E-state index in [0.717, 1.165) is 16.7 Å². The third-order valence-electron chi connectivity index (χ3n) is 5.67. The van der Waals surface area contributed by atoms with Crippen LogP contribution in [0, 0.1) is 10.1 Å². The van der Waals surface area contributed by atoms with Gasteiger partial charge >= 0.3 is 12.1 Å². The number of hydrogen-bond acceptors (Lipinski definition) is 7. The molecule has 0 saturated carbocycles. The first kappa shape index (κ1) is 26.9. The van der Waals surface area contributed by atoms with Crippen molar-refractivity contribution < 1.29 is 28.7 Å². The Morgan fingerprint density at radius 1 is 0.718 bits per heavy atom. The maximum atomic E-state index is 13.0. The zero-order chi connectivity index (χ0) is 27.5. The van der Waals surface area contributed by atoms with Crippen LogP contribution in [0.25, 0.3) is 0 Å². The smallest absolute Gasteiger partial charge is 0.408 e. The molecule has 1 N–H and O–H groups in total. The second kappa shape index (κ2) is 13.4. The predicted octanol–water partition coefficient (Wildman–Crippen LogP) is 5.62. The average molecular weight is 527 g/mol. The van der Waals surface area contributed by atoms with E-state index in [2.05, 4.69) is 5.32 Å². The lowest BCUT2D eigenvalue weighted by atomic mass is 10.1. The van der Waals surface area contributed by atoms with Gasteiger partial charge in [0, 0.05) is 18.6 Å². The van der Waals surface area contributed by atoms with Crippen LogP contribution in [-0.4, -0.2) is 23.0 Å². The first-order valence-corrected chi connectivity index (χ1v) is 12.2. The molecule has 0 radical (unpaired) electrons. The minimum absolute atomic E-state index is 0.0320. The van der Waals surface area contributed by atoms with Crippen molar-refractivity contribution in [1.29, 1.82) is 0 Å². The van der Waals surface area contributed by atoms with Crippen molar-refractivity contribution in [3.8, 4) is 11.5 Å². The van der Waals surface area contributed by atoms with Gasteiger partial charge in [-0.25, -0.2) is 9.59 Å². The van der Waals surface area contributed by atoms with E-state index < -0.39 is 23.0 Å². The Morgan fingerprint density at radius 2 is 1.28 bits per heavy atom. The summed E-state index contributed by atoms with van der Waals surface area (Å²) in [5.74, 6) is 0.0208. The van der Waals surface area contributed by atoms with Crippen LogP contribution in [0.5, 0.6) is 11.5 Å². The molecule has 0 aromatic heterocycles. The van der Waals surface area contributed by atoms with Crippen molar-refractivity contribution in [3.63, 3.8) is 0 Å². The van der Waals surface area contributed by atoms with Crippen LogP contribution in [0.4, 0.5) is 10.5 Å². The van der Waals surface area contributed by atoms with Crippen LogP contribution in [0.2, 0.25) is 0 Å². The van der Waals surface area contributed by atoms with Crippen molar-refractivity contribution in [2.24, 2.45) is 0 Å². The monoisotopic (exact) mass is 526 g/mol. The standard InChI is InChI=1S/C30H26N2O7/c33-29(39-27-17-13-25(14-18-27)32(35)36)28(31-30(34)38-21-24-9-5-2-6-10-24)19-22-11-15-26(16-12-22)37-20-23-7-3-1-4-8-23/h1-18,28H,19-21H2,(H,31,34)/t28-/m1/s1. The second-order valence-electron chi connectivity index (χ2n) is 8.55. The van der Waals surface area contributed by atoms with Gasteiger partial charge in [-0.3, -0.25) is 10.1 Å². The van der Waals surface area contributed by atoms with E-state index in [4.69, 9.17) is 14.2 Å². The molecule has 39 heavy (non-hydrogen) atoms. The summed E-state index contributed by atoms with van der Waals surface area (Å²) >= 11 is 0. The van der Waals surface area contributed by atoms with Gasteiger partial charge in [0.15, 0.2) is 0 Å². The average Bonchev–Trinajstić information content (AvgIpc) is 2.96. The van der Waals surface area contributed by atoms with E-state index in [9.17, 15) is 19.7 Å². The van der Waals surface area contributed by atoms with Gasteiger partial charge in [-0.05, 0) is 41.0 Å². The quantitative estimate of drug-likeness (QED) is 0.117. The molecule has 0 spiro atoms. The maximum Gasteiger partial charge on any atom is 0.408 e. The molecular formula is C30H26N2O7. The molecule has 4 rings (SSSR count). The van der Waals surface area contributed by atoms with Crippen LogP contribution in [0.15, 0.2) is 109 Å². The number of nitro benzene ring substituents is 1. The fourth-order valence-corrected chi connectivity index (χ4v) is 3.62. The number of nitro groups is 1. The van der Waals surface area contributed by atoms with Crippen LogP contribution in [0.1, 0.15) is 16.7 Å². The van der Waals surface area contributed by atoms with Gasteiger partial charge in [0.2, 0.25) is 0 Å². The van der Waals surface area contributed by atoms with Crippen molar-refractivity contribution in [3.05, 3.63) is 136 Å². The molecule has 0 aliphatic carbocycles. The molecule has 0 heterocycles.